The number of aryl methyl sites for hydroxylation is 3. The highest BCUT2D eigenvalue weighted by atomic mass is 16.1. The van der Waals surface area contributed by atoms with Crippen LogP contribution in [0.1, 0.15) is 17.0 Å². The molecule has 2 aromatic carbocycles. The standard InChI is InChI=1S/C18H17N2O/c1-14-19-17-4-2-3-5-18(17)20(14)12-10-15-6-8-16(9-7-15)11-13-21/h2-9H,10-12H2,1H3. The predicted molar refractivity (Wildman–Crippen MR) is 84.0 cm³/mol. The van der Waals surface area contributed by atoms with Crippen molar-refractivity contribution < 1.29 is 4.79 Å². The summed E-state index contributed by atoms with van der Waals surface area (Å²) >= 11 is 0. The molecule has 3 aromatic rings. The van der Waals surface area contributed by atoms with E-state index in [0.717, 1.165) is 29.9 Å². The molecule has 21 heavy (non-hydrogen) atoms. The molecule has 0 aliphatic heterocycles. The van der Waals surface area contributed by atoms with Crippen molar-refractivity contribution in [1.82, 2.24) is 9.55 Å². The van der Waals surface area contributed by atoms with Gasteiger partial charge < -0.3 is 4.57 Å². The Labute approximate surface area is 124 Å². The van der Waals surface area contributed by atoms with Gasteiger partial charge >= 0.3 is 0 Å². The van der Waals surface area contributed by atoms with Crippen LogP contribution in [0.3, 0.4) is 0 Å². The smallest absolute Gasteiger partial charge is 0.203 e. The van der Waals surface area contributed by atoms with Gasteiger partial charge in [0, 0.05) is 13.0 Å². The van der Waals surface area contributed by atoms with Crippen molar-refractivity contribution >= 4 is 17.3 Å². The number of hydrogen-bond donors (Lipinski definition) is 0. The van der Waals surface area contributed by atoms with Gasteiger partial charge in [0.2, 0.25) is 6.29 Å². The highest BCUT2D eigenvalue weighted by Gasteiger charge is 2.06. The lowest BCUT2D eigenvalue weighted by atomic mass is 10.1. The monoisotopic (exact) mass is 277 g/mol. The lowest BCUT2D eigenvalue weighted by Crippen LogP contribution is -2.03. The van der Waals surface area contributed by atoms with Crippen LogP contribution in [0.25, 0.3) is 11.0 Å². The van der Waals surface area contributed by atoms with E-state index in [1.165, 1.54) is 11.1 Å². The van der Waals surface area contributed by atoms with Crippen LogP contribution in [0.15, 0.2) is 48.5 Å². The minimum Gasteiger partial charge on any atom is -0.328 e. The molecule has 3 nitrogen and oxygen atoms in total. The molecule has 0 atom stereocenters. The van der Waals surface area contributed by atoms with Crippen molar-refractivity contribution in [3.8, 4) is 0 Å². The van der Waals surface area contributed by atoms with Gasteiger partial charge in [0.25, 0.3) is 0 Å². The average Bonchev–Trinajstić information content (AvgIpc) is 2.82. The molecule has 0 spiro atoms. The SMILES string of the molecule is Cc1nc2ccccc2n1CCc1ccc(C[C]=O)cc1. The number of nitrogens with zero attached hydrogens (tertiary/aromatic N) is 2. The Balaban J connectivity index is 1.77. The first kappa shape index (κ1) is 13.6. The summed E-state index contributed by atoms with van der Waals surface area (Å²) in [5.74, 6) is 1.04. The van der Waals surface area contributed by atoms with Crippen molar-refractivity contribution in [2.24, 2.45) is 0 Å². The largest absolute Gasteiger partial charge is 0.328 e. The van der Waals surface area contributed by atoms with E-state index >= 15 is 0 Å². The van der Waals surface area contributed by atoms with Gasteiger partial charge in [-0.05, 0) is 36.6 Å². The van der Waals surface area contributed by atoms with Crippen LogP contribution in [0, 0.1) is 6.92 Å². The number of para-hydroxylation sites is 2. The number of carbonyl (C=O) groups excluding carboxylic acids is 1. The molecule has 0 N–H and O–H groups in total. The maximum Gasteiger partial charge on any atom is 0.203 e. The number of aromatic nitrogens is 2. The second kappa shape index (κ2) is 5.92. The van der Waals surface area contributed by atoms with Gasteiger partial charge in [0.15, 0.2) is 0 Å². The van der Waals surface area contributed by atoms with Crippen molar-refractivity contribution in [2.45, 2.75) is 26.3 Å². The number of fused-ring (bicyclic) bond motifs is 1. The maximum absolute atomic E-state index is 10.4. The molecule has 105 valence electrons. The summed E-state index contributed by atoms with van der Waals surface area (Å²) in [6.07, 6.45) is 3.24. The number of rotatable bonds is 5. The van der Waals surface area contributed by atoms with Crippen LogP contribution in [0.5, 0.6) is 0 Å². The van der Waals surface area contributed by atoms with Crippen molar-refractivity contribution in [2.75, 3.05) is 0 Å². The average molecular weight is 277 g/mol. The lowest BCUT2D eigenvalue weighted by molar-refractivity contribution is 0.555. The quantitative estimate of drug-likeness (QED) is 0.717. The maximum atomic E-state index is 10.4. The van der Waals surface area contributed by atoms with E-state index in [2.05, 4.69) is 27.8 Å². The first-order valence-electron chi connectivity index (χ1n) is 7.12. The molecule has 1 aromatic heterocycles. The molecule has 0 saturated carbocycles. The molecule has 0 unspecified atom stereocenters. The highest BCUT2D eigenvalue weighted by molar-refractivity contribution is 5.75. The molecule has 0 fully saturated rings. The molecule has 0 saturated heterocycles. The summed E-state index contributed by atoms with van der Waals surface area (Å²) in [6, 6.07) is 16.4. The van der Waals surface area contributed by atoms with Crippen LogP contribution in [-0.2, 0) is 24.2 Å². The Kier molecular flexibility index (Phi) is 3.82. The van der Waals surface area contributed by atoms with Crippen molar-refractivity contribution in [3.63, 3.8) is 0 Å². The molecular weight excluding hydrogens is 260 g/mol. The topological polar surface area (TPSA) is 34.9 Å². The van der Waals surface area contributed by atoms with Gasteiger partial charge in [0.05, 0.1) is 11.0 Å². The predicted octanol–water partition coefficient (Wildman–Crippen LogP) is 3.24. The molecule has 0 aliphatic carbocycles. The summed E-state index contributed by atoms with van der Waals surface area (Å²) < 4.78 is 2.25. The molecule has 0 aliphatic rings. The Morgan fingerprint density at radius 3 is 2.52 bits per heavy atom. The number of benzene rings is 2. The fourth-order valence-electron chi connectivity index (χ4n) is 2.63. The molecule has 3 heteroatoms. The van der Waals surface area contributed by atoms with Gasteiger partial charge in [-0.25, -0.2) is 4.98 Å². The van der Waals surface area contributed by atoms with Crippen LogP contribution in [0.2, 0.25) is 0 Å². The zero-order chi connectivity index (χ0) is 14.7. The van der Waals surface area contributed by atoms with Crippen LogP contribution in [0.4, 0.5) is 0 Å². The van der Waals surface area contributed by atoms with Gasteiger partial charge in [-0.15, -0.1) is 0 Å². The van der Waals surface area contributed by atoms with Crippen LogP contribution < -0.4 is 0 Å². The summed E-state index contributed by atoms with van der Waals surface area (Å²) in [7, 11) is 0. The minimum atomic E-state index is 0.367. The Hall–Kier alpha value is -2.42. The second-order valence-corrected chi connectivity index (χ2v) is 5.19. The Morgan fingerprint density at radius 1 is 1.05 bits per heavy atom. The molecule has 0 bridgehead atoms. The molecule has 1 radical (unpaired) electrons. The number of hydrogen-bond acceptors (Lipinski definition) is 2. The van der Waals surface area contributed by atoms with E-state index in [1.807, 2.05) is 43.5 Å². The number of imidazole rings is 1. The molecular formula is C18H17N2O. The fourth-order valence-corrected chi connectivity index (χ4v) is 2.63. The third-order valence-corrected chi connectivity index (χ3v) is 3.77. The highest BCUT2D eigenvalue weighted by Crippen LogP contribution is 2.16. The van der Waals surface area contributed by atoms with E-state index in [4.69, 9.17) is 0 Å². The summed E-state index contributed by atoms with van der Waals surface area (Å²) in [5.41, 5.74) is 4.51. The fraction of sp³-hybridized carbons (Fsp3) is 0.222. The summed E-state index contributed by atoms with van der Waals surface area (Å²) in [4.78, 5) is 15.0. The molecule has 1 heterocycles. The third kappa shape index (κ3) is 2.87. The molecule has 3 rings (SSSR count). The molecule has 0 amide bonds. The normalized spacial score (nSPS) is 10.9. The third-order valence-electron chi connectivity index (χ3n) is 3.77. The van der Waals surface area contributed by atoms with Crippen LogP contribution >= 0.6 is 0 Å². The van der Waals surface area contributed by atoms with E-state index in [0.29, 0.717) is 6.42 Å². The van der Waals surface area contributed by atoms with E-state index in [-0.39, 0.29) is 0 Å². The summed E-state index contributed by atoms with van der Waals surface area (Å²) in [6.45, 7) is 2.95. The summed E-state index contributed by atoms with van der Waals surface area (Å²) in [5, 5.41) is 0. The van der Waals surface area contributed by atoms with Gasteiger partial charge in [-0.1, -0.05) is 36.4 Å². The van der Waals surface area contributed by atoms with E-state index in [1.54, 1.807) is 0 Å². The van der Waals surface area contributed by atoms with Crippen LogP contribution in [-0.4, -0.2) is 15.8 Å². The van der Waals surface area contributed by atoms with E-state index in [9.17, 15) is 4.79 Å². The van der Waals surface area contributed by atoms with Gasteiger partial charge in [-0.2, -0.15) is 0 Å². The zero-order valence-corrected chi connectivity index (χ0v) is 12.0. The van der Waals surface area contributed by atoms with Gasteiger partial charge in [-0.3, -0.25) is 4.79 Å². The lowest BCUT2D eigenvalue weighted by Gasteiger charge is -2.07. The Bertz CT molecular complexity index is 756. The van der Waals surface area contributed by atoms with E-state index < -0.39 is 0 Å². The van der Waals surface area contributed by atoms with Crippen molar-refractivity contribution in [3.05, 3.63) is 65.5 Å². The van der Waals surface area contributed by atoms with Gasteiger partial charge in [0.1, 0.15) is 5.82 Å². The first-order valence-corrected chi connectivity index (χ1v) is 7.12. The second-order valence-electron chi connectivity index (χ2n) is 5.19. The van der Waals surface area contributed by atoms with Crippen molar-refractivity contribution in [1.29, 1.82) is 0 Å². The minimum absolute atomic E-state index is 0.367. The first-order chi connectivity index (χ1) is 10.3. The zero-order valence-electron chi connectivity index (χ0n) is 12.0. The Morgan fingerprint density at radius 2 is 1.76 bits per heavy atom.